The summed E-state index contributed by atoms with van der Waals surface area (Å²) in [4.78, 5) is 4.76. The number of hydrogen-bond acceptors (Lipinski definition) is 6. The van der Waals surface area contributed by atoms with Gasteiger partial charge in [-0.1, -0.05) is 29.8 Å². The second kappa shape index (κ2) is 9.83. The minimum atomic E-state index is -3.53. The number of ether oxygens (including phenoxy) is 2. The molecule has 0 radical (unpaired) electrons. The van der Waals surface area contributed by atoms with Crippen molar-refractivity contribution in [2.24, 2.45) is 0 Å². The van der Waals surface area contributed by atoms with Crippen LogP contribution >= 0.6 is 11.6 Å². The van der Waals surface area contributed by atoms with E-state index in [9.17, 15) is 8.42 Å². The van der Waals surface area contributed by atoms with Crippen molar-refractivity contribution in [3.05, 3.63) is 77.9 Å². The van der Waals surface area contributed by atoms with E-state index in [2.05, 4.69) is 10.3 Å². The molecule has 0 amide bonds. The summed E-state index contributed by atoms with van der Waals surface area (Å²) < 4.78 is 37.8. The highest BCUT2D eigenvalue weighted by molar-refractivity contribution is 7.89. The van der Waals surface area contributed by atoms with Gasteiger partial charge >= 0.3 is 0 Å². The van der Waals surface area contributed by atoms with Gasteiger partial charge in [0.2, 0.25) is 10.0 Å². The number of aromatic nitrogens is 1. The number of benzene rings is 3. The van der Waals surface area contributed by atoms with Crippen molar-refractivity contribution in [2.75, 3.05) is 38.7 Å². The molecule has 4 aromatic rings. The first-order valence-electron chi connectivity index (χ1n) is 11.1. The van der Waals surface area contributed by atoms with Crippen LogP contribution in [0.2, 0.25) is 5.02 Å². The Morgan fingerprint density at radius 2 is 1.71 bits per heavy atom. The van der Waals surface area contributed by atoms with Gasteiger partial charge in [-0.15, -0.1) is 0 Å². The Kier molecular flexibility index (Phi) is 6.62. The van der Waals surface area contributed by atoms with E-state index < -0.39 is 10.0 Å². The number of sulfonamides is 1. The highest BCUT2D eigenvalue weighted by atomic mass is 35.5. The van der Waals surface area contributed by atoms with E-state index in [1.54, 1.807) is 25.4 Å². The van der Waals surface area contributed by atoms with Crippen LogP contribution in [-0.4, -0.2) is 51.1 Å². The van der Waals surface area contributed by atoms with E-state index in [-0.39, 0.29) is 4.90 Å². The van der Waals surface area contributed by atoms with Crippen LogP contribution in [0.15, 0.2) is 77.8 Å². The fraction of sp³-hybridized carbons (Fsp3) is 0.192. The van der Waals surface area contributed by atoms with Crippen LogP contribution in [0.25, 0.3) is 22.0 Å². The summed E-state index contributed by atoms with van der Waals surface area (Å²) in [7, 11) is -1.95. The molecular formula is C26H24ClN3O4S. The van der Waals surface area contributed by atoms with Crippen LogP contribution in [0.1, 0.15) is 0 Å². The molecule has 7 nitrogen and oxygen atoms in total. The molecule has 1 aliphatic rings. The van der Waals surface area contributed by atoms with Gasteiger partial charge in [-0.3, -0.25) is 4.98 Å². The Morgan fingerprint density at radius 3 is 2.43 bits per heavy atom. The quantitative estimate of drug-likeness (QED) is 0.378. The van der Waals surface area contributed by atoms with E-state index in [0.717, 1.165) is 33.4 Å². The lowest BCUT2D eigenvalue weighted by Crippen LogP contribution is -2.40. The zero-order valence-electron chi connectivity index (χ0n) is 19.1. The minimum absolute atomic E-state index is 0.282. The van der Waals surface area contributed by atoms with Crippen molar-refractivity contribution in [1.82, 2.24) is 9.29 Å². The Bertz CT molecular complexity index is 1470. The number of morpholine rings is 1. The second-order valence-electron chi connectivity index (χ2n) is 8.11. The highest BCUT2D eigenvalue weighted by Crippen LogP contribution is 2.33. The molecule has 180 valence electrons. The van der Waals surface area contributed by atoms with Gasteiger partial charge in [0, 0.05) is 36.0 Å². The van der Waals surface area contributed by atoms with E-state index in [1.165, 1.54) is 4.31 Å². The normalized spacial score (nSPS) is 14.7. The molecule has 3 aromatic carbocycles. The van der Waals surface area contributed by atoms with Crippen LogP contribution in [0, 0.1) is 0 Å². The van der Waals surface area contributed by atoms with Gasteiger partial charge in [0.25, 0.3) is 0 Å². The van der Waals surface area contributed by atoms with Crippen LogP contribution < -0.4 is 10.1 Å². The van der Waals surface area contributed by atoms with Crippen LogP contribution in [0.3, 0.4) is 0 Å². The maximum absolute atomic E-state index is 12.9. The number of fused-ring (bicyclic) bond motifs is 1. The molecular weight excluding hydrogens is 486 g/mol. The fourth-order valence-electron chi connectivity index (χ4n) is 4.09. The van der Waals surface area contributed by atoms with Gasteiger partial charge in [0.15, 0.2) is 0 Å². The molecule has 5 rings (SSSR count). The molecule has 2 heterocycles. The standard InChI is InChI=1S/C26H24ClN3O4S/c1-33-26-9-5-20(17-23(26)27)29-25-10-11-28-24-8-4-19(16-22(24)25)18-2-6-21(7-3-18)35(31,32)30-12-14-34-15-13-30/h2-11,16-17H,12-15H2,1H3,(H,28,29). The van der Waals surface area contributed by atoms with Crippen molar-refractivity contribution in [3.63, 3.8) is 0 Å². The first-order chi connectivity index (χ1) is 17.0. The lowest BCUT2D eigenvalue weighted by atomic mass is 10.0. The first-order valence-corrected chi connectivity index (χ1v) is 13.0. The number of hydrogen-bond donors (Lipinski definition) is 1. The number of rotatable bonds is 6. The second-order valence-corrected chi connectivity index (χ2v) is 10.5. The van der Waals surface area contributed by atoms with Crippen molar-refractivity contribution in [2.45, 2.75) is 4.90 Å². The van der Waals surface area contributed by atoms with Crippen LogP contribution in [0.5, 0.6) is 5.75 Å². The van der Waals surface area contributed by atoms with Gasteiger partial charge < -0.3 is 14.8 Å². The van der Waals surface area contributed by atoms with Gasteiger partial charge in [0.1, 0.15) is 5.75 Å². The first kappa shape index (κ1) is 23.6. The van der Waals surface area contributed by atoms with Crippen molar-refractivity contribution < 1.29 is 17.9 Å². The SMILES string of the molecule is COc1ccc(Nc2ccnc3ccc(-c4ccc(S(=O)(=O)N5CCOCC5)cc4)cc23)cc1Cl. The number of pyridine rings is 1. The Morgan fingerprint density at radius 1 is 0.971 bits per heavy atom. The molecule has 9 heteroatoms. The number of methoxy groups -OCH3 is 1. The molecule has 1 fully saturated rings. The van der Waals surface area contributed by atoms with Crippen molar-refractivity contribution >= 4 is 43.9 Å². The third-order valence-corrected chi connectivity index (χ3v) is 8.18. The average molecular weight is 510 g/mol. The summed E-state index contributed by atoms with van der Waals surface area (Å²) in [6, 6.07) is 20.4. The summed E-state index contributed by atoms with van der Waals surface area (Å²) in [6.45, 7) is 1.58. The number of halogens is 1. The summed E-state index contributed by atoms with van der Waals surface area (Å²) in [5.41, 5.74) is 4.41. The van der Waals surface area contributed by atoms with Gasteiger partial charge in [-0.05, 0) is 59.7 Å². The van der Waals surface area contributed by atoms with Gasteiger partial charge in [-0.2, -0.15) is 4.31 Å². The molecule has 1 aromatic heterocycles. The van der Waals surface area contributed by atoms with E-state index >= 15 is 0 Å². The molecule has 1 N–H and O–H groups in total. The van der Waals surface area contributed by atoms with Crippen LogP contribution in [-0.2, 0) is 14.8 Å². The number of nitrogens with one attached hydrogen (secondary N) is 1. The molecule has 0 saturated carbocycles. The molecule has 0 spiro atoms. The maximum Gasteiger partial charge on any atom is 0.243 e. The number of anilines is 2. The molecule has 0 aliphatic carbocycles. The molecule has 0 atom stereocenters. The molecule has 0 bridgehead atoms. The third-order valence-electron chi connectivity index (χ3n) is 5.97. The van der Waals surface area contributed by atoms with Crippen molar-refractivity contribution in [3.8, 4) is 16.9 Å². The predicted octanol–water partition coefficient (Wildman–Crippen LogP) is 5.33. The molecule has 1 aliphatic heterocycles. The molecule has 1 saturated heterocycles. The highest BCUT2D eigenvalue weighted by Gasteiger charge is 2.26. The summed E-state index contributed by atoms with van der Waals surface area (Å²) >= 11 is 6.28. The van der Waals surface area contributed by atoms with Crippen LogP contribution in [0.4, 0.5) is 11.4 Å². The molecule has 0 unspecified atom stereocenters. The van der Waals surface area contributed by atoms with E-state index in [1.807, 2.05) is 54.6 Å². The number of nitrogens with zero attached hydrogens (tertiary/aromatic N) is 2. The zero-order valence-corrected chi connectivity index (χ0v) is 20.6. The largest absolute Gasteiger partial charge is 0.495 e. The van der Waals surface area contributed by atoms with Crippen molar-refractivity contribution in [1.29, 1.82) is 0 Å². The Balaban J connectivity index is 1.45. The summed E-state index contributed by atoms with van der Waals surface area (Å²) in [5, 5.41) is 4.86. The summed E-state index contributed by atoms with van der Waals surface area (Å²) in [6.07, 6.45) is 1.75. The fourth-order valence-corrected chi connectivity index (χ4v) is 5.76. The minimum Gasteiger partial charge on any atom is -0.495 e. The Hall–Kier alpha value is -3.17. The monoisotopic (exact) mass is 509 g/mol. The maximum atomic E-state index is 12.9. The lowest BCUT2D eigenvalue weighted by molar-refractivity contribution is 0.0730. The average Bonchev–Trinajstić information content (AvgIpc) is 2.89. The molecule has 35 heavy (non-hydrogen) atoms. The zero-order chi connectivity index (χ0) is 24.4. The Labute approximate surface area is 209 Å². The third kappa shape index (κ3) is 4.83. The van der Waals surface area contributed by atoms with Gasteiger partial charge in [-0.25, -0.2) is 8.42 Å². The summed E-state index contributed by atoms with van der Waals surface area (Å²) in [5.74, 6) is 0.609. The smallest absolute Gasteiger partial charge is 0.243 e. The van der Waals surface area contributed by atoms with E-state index in [0.29, 0.717) is 37.1 Å². The van der Waals surface area contributed by atoms with Gasteiger partial charge in [0.05, 0.1) is 35.8 Å². The topological polar surface area (TPSA) is 80.8 Å². The van der Waals surface area contributed by atoms with E-state index in [4.69, 9.17) is 21.1 Å². The lowest BCUT2D eigenvalue weighted by Gasteiger charge is -2.26. The predicted molar refractivity (Wildman–Crippen MR) is 138 cm³/mol.